The van der Waals surface area contributed by atoms with Gasteiger partial charge in [0.15, 0.2) is 0 Å². The lowest BCUT2D eigenvalue weighted by molar-refractivity contribution is -0.160. The van der Waals surface area contributed by atoms with E-state index in [0.717, 1.165) is 38.8 Å². The normalized spacial score (nSPS) is 32.7. The second kappa shape index (κ2) is 5.80. The Bertz CT molecular complexity index is 324. The molecule has 0 N–H and O–H groups in total. The summed E-state index contributed by atoms with van der Waals surface area (Å²) in [5.74, 6) is -0.0731. The molecule has 4 nitrogen and oxygen atoms in total. The number of esters is 1. The Hall–Kier alpha value is -0.610. The largest absolute Gasteiger partial charge is 0.459 e. The zero-order valence-electron chi connectivity index (χ0n) is 12.6. The van der Waals surface area contributed by atoms with Crippen molar-refractivity contribution in [2.75, 3.05) is 13.1 Å². The molecule has 2 unspecified atom stereocenters. The van der Waals surface area contributed by atoms with Crippen molar-refractivity contribution in [2.24, 2.45) is 0 Å². The summed E-state index contributed by atoms with van der Waals surface area (Å²) in [6.07, 6.45) is 4.89. The number of carbonyl (C=O) groups excluding carboxylic acids is 1. The quantitative estimate of drug-likeness (QED) is 0.737. The second-order valence-electron chi connectivity index (χ2n) is 6.83. The molecule has 4 heteroatoms. The first-order valence-corrected chi connectivity index (χ1v) is 7.47. The molecule has 0 aliphatic carbocycles. The highest BCUT2D eigenvalue weighted by molar-refractivity contribution is 5.76. The first-order chi connectivity index (χ1) is 8.85. The standard InChI is InChI=1S/C15H27NO3/c1-11-7-8-12(18-11)10-16-9-5-6-13(16)14(17)19-15(2,3)4/h11-13H,5-10H2,1-4H3/t11?,12?,13-/m1/s1. The number of likely N-dealkylation sites (tertiary alicyclic amines) is 1. The van der Waals surface area contributed by atoms with Crippen LogP contribution in [0.25, 0.3) is 0 Å². The minimum atomic E-state index is -0.399. The summed E-state index contributed by atoms with van der Waals surface area (Å²) >= 11 is 0. The Balaban J connectivity index is 1.88. The highest BCUT2D eigenvalue weighted by Crippen LogP contribution is 2.25. The molecule has 2 fully saturated rings. The van der Waals surface area contributed by atoms with Crippen molar-refractivity contribution in [1.82, 2.24) is 4.90 Å². The molecule has 2 aliphatic heterocycles. The third-order valence-corrected chi connectivity index (χ3v) is 3.80. The molecular formula is C15H27NO3. The van der Waals surface area contributed by atoms with Gasteiger partial charge in [-0.2, -0.15) is 0 Å². The predicted octanol–water partition coefficient (Wildman–Crippen LogP) is 2.36. The first-order valence-electron chi connectivity index (χ1n) is 7.47. The molecule has 2 saturated heterocycles. The summed E-state index contributed by atoms with van der Waals surface area (Å²) in [5, 5.41) is 0. The SMILES string of the molecule is CC1CCC(CN2CCC[C@@H]2C(=O)OC(C)(C)C)O1. The smallest absolute Gasteiger partial charge is 0.323 e. The monoisotopic (exact) mass is 269 g/mol. The lowest BCUT2D eigenvalue weighted by atomic mass is 10.1. The fourth-order valence-corrected chi connectivity index (χ4v) is 2.96. The van der Waals surface area contributed by atoms with Crippen LogP contribution >= 0.6 is 0 Å². The Kier molecular flexibility index (Phi) is 4.51. The highest BCUT2D eigenvalue weighted by atomic mass is 16.6. The van der Waals surface area contributed by atoms with Gasteiger partial charge in [-0.05, 0) is 59.9 Å². The Morgan fingerprint density at radius 2 is 2.05 bits per heavy atom. The molecule has 0 radical (unpaired) electrons. The maximum Gasteiger partial charge on any atom is 0.323 e. The van der Waals surface area contributed by atoms with Gasteiger partial charge in [-0.25, -0.2) is 0 Å². The van der Waals surface area contributed by atoms with Crippen LogP contribution in [0.1, 0.15) is 53.4 Å². The second-order valence-corrected chi connectivity index (χ2v) is 6.83. The minimum Gasteiger partial charge on any atom is -0.459 e. The van der Waals surface area contributed by atoms with Gasteiger partial charge in [0.1, 0.15) is 11.6 Å². The Morgan fingerprint density at radius 1 is 1.32 bits per heavy atom. The van der Waals surface area contributed by atoms with Crippen LogP contribution in [0.5, 0.6) is 0 Å². The first kappa shape index (κ1) is 14.8. The third-order valence-electron chi connectivity index (χ3n) is 3.80. The van der Waals surface area contributed by atoms with E-state index in [-0.39, 0.29) is 18.1 Å². The third kappa shape index (κ3) is 4.18. The molecule has 2 aliphatic rings. The van der Waals surface area contributed by atoms with Gasteiger partial charge in [0.25, 0.3) is 0 Å². The molecule has 0 spiro atoms. The number of rotatable bonds is 3. The van der Waals surface area contributed by atoms with E-state index in [1.54, 1.807) is 0 Å². The summed E-state index contributed by atoms with van der Waals surface area (Å²) in [6, 6.07) is -0.0706. The molecule has 2 rings (SSSR count). The van der Waals surface area contributed by atoms with Crippen molar-refractivity contribution in [2.45, 2.75) is 77.2 Å². The average Bonchev–Trinajstić information content (AvgIpc) is 2.86. The number of nitrogens with zero attached hydrogens (tertiary/aromatic N) is 1. The molecule has 2 heterocycles. The van der Waals surface area contributed by atoms with Crippen LogP contribution in [0, 0.1) is 0 Å². The van der Waals surface area contributed by atoms with Crippen LogP contribution in [0.3, 0.4) is 0 Å². The van der Waals surface area contributed by atoms with E-state index in [2.05, 4.69) is 11.8 Å². The molecule has 0 aromatic carbocycles. The van der Waals surface area contributed by atoms with E-state index in [9.17, 15) is 4.79 Å². The summed E-state index contributed by atoms with van der Waals surface area (Å²) in [6.45, 7) is 9.74. The van der Waals surface area contributed by atoms with Crippen molar-refractivity contribution < 1.29 is 14.3 Å². The lowest BCUT2D eigenvalue weighted by Crippen LogP contribution is -2.43. The van der Waals surface area contributed by atoms with Gasteiger partial charge in [0.05, 0.1) is 12.2 Å². The van der Waals surface area contributed by atoms with E-state index < -0.39 is 5.60 Å². The number of ether oxygens (including phenoxy) is 2. The molecular weight excluding hydrogens is 242 g/mol. The zero-order chi connectivity index (χ0) is 14.0. The molecule has 19 heavy (non-hydrogen) atoms. The van der Waals surface area contributed by atoms with Gasteiger partial charge < -0.3 is 9.47 Å². The Labute approximate surface area is 116 Å². The van der Waals surface area contributed by atoms with E-state index in [4.69, 9.17) is 9.47 Å². The predicted molar refractivity (Wildman–Crippen MR) is 74.0 cm³/mol. The van der Waals surface area contributed by atoms with Gasteiger partial charge in [-0.3, -0.25) is 9.69 Å². The fraction of sp³-hybridized carbons (Fsp3) is 0.933. The van der Waals surface area contributed by atoms with Gasteiger partial charge in [-0.1, -0.05) is 0 Å². The zero-order valence-corrected chi connectivity index (χ0v) is 12.6. The molecule has 0 saturated carbocycles. The maximum atomic E-state index is 12.2. The van der Waals surface area contributed by atoms with E-state index >= 15 is 0 Å². The topological polar surface area (TPSA) is 38.8 Å². The maximum absolute atomic E-state index is 12.2. The number of hydrogen-bond donors (Lipinski definition) is 0. The minimum absolute atomic E-state index is 0.0706. The summed E-state index contributed by atoms with van der Waals surface area (Å²) < 4.78 is 11.4. The Morgan fingerprint density at radius 3 is 2.63 bits per heavy atom. The van der Waals surface area contributed by atoms with Gasteiger partial charge in [0.2, 0.25) is 0 Å². The van der Waals surface area contributed by atoms with Crippen LogP contribution in [0.2, 0.25) is 0 Å². The molecule has 3 atom stereocenters. The number of carbonyl (C=O) groups is 1. The van der Waals surface area contributed by atoms with Crippen LogP contribution in [-0.4, -0.2) is 47.8 Å². The van der Waals surface area contributed by atoms with Crippen LogP contribution in [0.4, 0.5) is 0 Å². The summed E-state index contributed by atoms with van der Waals surface area (Å²) in [5.41, 5.74) is -0.399. The van der Waals surface area contributed by atoms with Crippen molar-refractivity contribution >= 4 is 5.97 Å². The van der Waals surface area contributed by atoms with Crippen molar-refractivity contribution in [3.05, 3.63) is 0 Å². The van der Waals surface area contributed by atoms with E-state index in [1.807, 2.05) is 20.8 Å². The fourth-order valence-electron chi connectivity index (χ4n) is 2.96. The van der Waals surface area contributed by atoms with Crippen molar-refractivity contribution in [3.8, 4) is 0 Å². The number of hydrogen-bond acceptors (Lipinski definition) is 4. The summed E-state index contributed by atoms with van der Waals surface area (Å²) in [7, 11) is 0. The molecule has 110 valence electrons. The van der Waals surface area contributed by atoms with Gasteiger partial charge >= 0.3 is 5.97 Å². The van der Waals surface area contributed by atoms with Crippen molar-refractivity contribution in [1.29, 1.82) is 0 Å². The van der Waals surface area contributed by atoms with E-state index in [1.165, 1.54) is 0 Å². The average molecular weight is 269 g/mol. The van der Waals surface area contributed by atoms with Crippen LogP contribution in [0.15, 0.2) is 0 Å². The van der Waals surface area contributed by atoms with Crippen LogP contribution in [-0.2, 0) is 14.3 Å². The summed E-state index contributed by atoms with van der Waals surface area (Å²) in [4.78, 5) is 14.5. The molecule has 0 bridgehead atoms. The van der Waals surface area contributed by atoms with Gasteiger partial charge in [0, 0.05) is 6.54 Å². The molecule has 0 aromatic rings. The van der Waals surface area contributed by atoms with Gasteiger partial charge in [-0.15, -0.1) is 0 Å². The molecule has 0 amide bonds. The molecule has 0 aromatic heterocycles. The highest BCUT2D eigenvalue weighted by Gasteiger charge is 2.36. The lowest BCUT2D eigenvalue weighted by Gasteiger charge is -2.28. The van der Waals surface area contributed by atoms with Crippen LogP contribution < -0.4 is 0 Å². The van der Waals surface area contributed by atoms with E-state index in [0.29, 0.717) is 6.10 Å². The van der Waals surface area contributed by atoms with Crippen molar-refractivity contribution in [3.63, 3.8) is 0 Å².